The van der Waals surface area contributed by atoms with Gasteiger partial charge in [-0.2, -0.15) is 5.10 Å². The first-order valence-corrected chi connectivity index (χ1v) is 7.67. The van der Waals surface area contributed by atoms with Crippen LogP contribution in [0.25, 0.3) is 11.0 Å². The van der Waals surface area contributed by atoms with Gasteiger partial charge in [0, 0.05) is 18.3 Å². The van der Waals surface area contributed by atoms with Crippen LogP contribution in [0, 0.1) is 0 Å². The SMILES string of the molecule is O=c1[nH]c(Cc2ccccn2)nc2c1cnn2C1CCCC1. The van der Waals surface area contributed by atoms with E-state index in [9.17, 15) is 4.79 Å². The number of H-pyrrole nitrogens is 1. The van der Waals surface area contributed by atoms with E-state index in [1.165, 1.54) is 12.8 Å². The highest BCUT2D eigenvalue weighted by Gasteiger charge is 2.21. The van der Waals surface area contributed by atoms with Gasteiger partial charge in [-0.05, 0) is 25.0 Å². The Kier molecular flexibility index (Phi) is 3.21. The van der Waals surface area contributed by atoms with Crippen molar-refractivity contribution in [2.75, 3.05) is 0 Å². The second-order valence-corrected chi connectivity index (χ2v) is 5.78. The molecule has 6 heteroatoms. The number of pyridine rings is 1. The third kappa shape index (κ3) is 2.30. The molecule has 112 valence electrons. The molecule has 0 aliphatic heterocycles. The van der Waals surface area contributed by atoms with E-state index in [2.05, 4.69) is 20.1 Å². The minimum absolute atomic E-state index is 0.125. The molecule has 0 aromatic carbocycles. The fourth-order valence-corrected chi connectivity index (χ4v) is 3.16. The highest BCUT2D eigenvalue weighted by atomic mass is 16.1. The van der Waals surface area contributed by atoms with Crippen LogP contribution in [0.15, 0.2) is 35.4 Å². The largest absolute Gasteiger partial charge is 0.310 e. The summed E-state index contributed by atoms with van der Waals surface area (Å²) in [6.07, 6.45) is 8.55. The van der Waals surface area contributed by atoms with Crippen molar-refractivity contribution in [3.63, 3.8) is 0 Å². The van der Waals surface area contributed by atoms with E-state index in [-0.39, 0.29) is 5.56 Å². The number of nitrogens with zero attached hydrogens (tertiary/aromatic N) is 4. The first kappa shape index (κ1) is 13.2. The number of fused-ring (bicyclic) bond motifs is 1. The molecule has 22 heavy (non-hydrogen) atoms. The maximum absolute atomic E-state index is 12.2. The van der Waals surface area contributed by atoms with Gasteiger partial charge in [0.1, 0.15) is 11.2 Å². The molecule has 0 amide bonds. The molecule has 1 saturated carbocycles. The second kappa shape index (κ2) is 5.36. The molecular weight excluding hydrogens is 278 g/mol. The highest BCUT2D eigenvalue weighted by Crippen LogP contribution is 2.30. The van der Waals surface area contributed by atoms with Crippen LogP contribution in [0.3, 0.4) is 0 Å². The Morgan fingerprint density at radius 2 is 2.14 bits per heavy atom. The summed E-state index contributed by atoms with van der Waals surface area (Å²) in [5.74, 6) is 0.635. The fraction of sp³-hybridized carbons (Fsp3) is 0.375. The summed E-state index contributed by atoms with van der Waals surface area (Å²) in [6.45, 7) is 0. The Morgan fingerprint density at radius 3 is 2.91 bits per heavy atom. The van der Waals surface area contributed by atoms with Crippen LogP contribution in [0.5, 0.6) is 0 Å². The standard InChI is InChI=1S/C16H17N5O/c22-16-13-10-18-21(12-6-1-2-7-12)15(13)19-14(20-16)9-11-5-3-4-8-17-11/h3-5,8,10,12H,1-2,6-7,9H2,(H,19,20,22). The molecule has 0 spiro atoms. The van der Waals surface area contributed by atoms with E-state index in [1.54, 1.807) is 12.4 Å². The highest BCUT2D eigenvalue weighted by molar-refractivity contribution is 5.73. The molecule has 3 heterocycles. The molecule has 0 radical (unpaired) electrons. The molecule has 3 aromatic heterocycles. The van der Waals surface area contributed by atoms with Gasteiger partial charge < -0.3 is 4.98 Å². The summed E-state index contributed by atoms with van der Waals surface area (Å²) in [5, 5.41) is 4.97. The number of aromatic nitrogens is 5. The Hall–Kier alpha value is -2.50. The molecule has 1 aliphatic carbocycles. The monoisotopic (exact) mass is 295 g/mol. The third-order valence-electron chi connectivity index (χ3n) is 4.26. The van der Waals surface area contributed by atoms with E-state index in [0.29, 0.717) is 29.3 Å². The van der Waals surface area contributed by atoms with Gasteiger partial charge in [-0.3, -0.25) is 9.78 Å². The van der Waals surface area contributed by atoms with Gasteiger partial charge >= 0.3 is 0 Å². The van der Waals surface area contributed by atoms with E-state index in [0.717, 1.165) is 18.5 Å². The van der Waals surface area contributed by atoms with Crippen LogP contribution in [0.4, 0.5) is 0 Å². The Labute approximate surface area is 127 Å². The van der Waals surface area contributed by atoms with Crippen molar-refractivity contribution in [3.05, 3.63) is 52.5 Å². The number of rotatable bonds is 3. The average molecular weight is 295 g/mol. The van der Waals surface area contributed by atoms with Gasteiger partial charge in [0.05, 0.1) is 12.2 Å². The molecule has 1 fully saturated rings. The van der Waals surface area contributed by atoms with Crippen molar-refractivity contribution in [1.82, 2.24) is 24.7 Å². The van der Waals surface area contributed by atoms with Crippen molar-refractivity contribution in [2.24, 2.45) is 0 Å². The normalized spacial score (nSPS) is 15.6. The molecule has 1 N–H and O–H groups in total. The summed E-state index contributed by atoms with van der Waals surface area (Å²) in [5.41, 5.74) is 1.46. The van der Waals surface area contributed by atoms with Gasteiger partial charge in [-0.15, -0.1) is 0 Å². The lowest BCUT2D eigenvalue weighted by Gasteiger charge is -2.10. The van der Waals surface area contributed by atoms with Gasteiger partial charge in [-0.1, -0.05) is 18.9 Å². The zero-order valence-corrected chi connectivity index (χ0v) is 12.2. The minimum Gasteiger partial charge on any atom is -0.310 e. The lowest BCUT2D eigenvalue weighted by atomic mass is 10.2. The number of aromatic amines is 1. The first-order valence-electron chi connectivity index (χ1n) is 7.67. The van der Waals surface area contributed by atoms with Crippen LogP contribution in [-0.2, 0) is 6.42 Å². The Morgan fingerprint density at radius 1 is 1.27 bits per heavy atom. The number of hydrogen-bond donors (Lipinski definition) is 1. The second-order valence-electron chi connectivity index (χ2n) is 5.78. The van der Waals surface area contributed by atoms with E-state index < -0.39 is 0 Å². The summed E-state index contributed by atoms with van der Waals surface area (Å²) in [4.78, 5) is 24.0. The molecule has 0 saturated heterocycles. The van der Waals surface area contributed by atoms with Crippen molar-refractivity contribution in [1.29, 1.82) is 0 Å². The van der Waals surface area contributed by atoms with Crippen LogP contribution < -0.4 is 5.56 Å². The van der Waals surface area contributed by atoms with Crippen LogP contribution in [-0.4, -0.2) is 24.7 Å². The summed E-state index contributed by atoms with van der Waals surface area (Å²) in [7, 11) is 0. The molecule has 0 atom stereocenters. The van der Waals surface area contributed by atoms with Crippen molar-refractivity contribution in [2.45, 2.75) is 38.1 Å². The predicted octanol–water partition coefficient (Wildman–Crippen LogP) is 2.22. The zero-order valence-electron chi connectivity index (χ0n) is 12.2. The lowest BCUT2D eigenvalue weighted by molar-refractivity contribution is 0.478. The van der Waals surface area contributed by atoms with E-state index >= 15 is 0 Å². The number of hydrogen-bond acceptors (Lipinski definition) is 4. The van der Waals surface area contributed by atoms with Crippen molar-refractivity contribution < 1.29 is 0 Å². The molecule has 6 nitrogen and oxygen atoms in total. The minimum atomic E-state index is -0.125. The van der Waals surface area contributed by atoms with Crippen molar-refractivity contribution in [3.8, 4) is 0 Å². The Bertz CT molecular complexity index is 846. The maximum Gasteiger partial charge on any atom is 0.262 e. The fourth-order valence-electron chi connectivity index (χ4n) is 3.16. The van der Waals surface area contributed by atoms with Gasteiger partial charge in [0.25, 0.3) is 5.56 Å². The maximum atomic E-state index is 12.2. The van der Waals surface area contributed by atoms with E-state index in [1.807, 2.05) is 22.9 Å². The van der Waals surface area contributed by atoms with Crippen LogP contribution >= 0.6 is 0 Å². The van der Waals surface area contributed by atoms with Crippen molar-refractivity contribution >= 4 is 11.0 Å². The summed E-state index contributed by atoms with van der Waals surface area (Å²) < 4.78 is 1.93. The first-order chi connectivity index (χ1) is 10.8. The topological polar surface area (TPSA) is 76.5 Å². The van der Waals surface area contributed by atoms with Gasteiger partial charge in [0.15, 0.2) is 5.65 Å². The van der Waals surface area contributed by atoms with Crippen LogP contribution in [0.2, 0.25) is 0 Å². The van der Waals surface area contributed by atoms with Gasteiger partial charge in [-0.25, -0.2) is 9.67 Å². The molecule has 1 aliphatic rings. The molecule has 0 bridgehead atoms. The molecule has 3 aromatic rings. The number of nitrogens with one attached hydrogen (secondary N) is 1. The summed E-state index contributed by atoms with van der Waals surface area (Å²) >= 11 is 0. The van der Waals surface area contributed by atoms with Crippen LogP contribution in [0.1, 0.15) is 43.2 Å². The quantitative estimate of drug-likeness (QED) is 0.803. The molecule has 4 rings (SSSR count). The molecule has 0 unspecified atom stereocenters. The third-order valence-corrected chi connectivity index (χ3v) is 4.26. The summed E-state index contributed by atoms with van der Waals surface area (Å²) in [6, 6.07) is 6.10. The average Bonchev–Trinajstić information content (AvgIpc) is 3.17. The van der Waals surface area contributed by atoms with E-state index in [4.69, 9.17) is 0 Å². The smallest absolute Gasteiger partial charge is 0.262 e. The zero-order chi connectivity index (χ0) is 14.9. The van der Waals surface area contributed by atoms with Gasteiger partial charge in [0.2, 0.25) is 0 Å². The predicted molar refractivity (Wildman–Crippen MR) is 82.7 cm³/mol. The lowest BCUT2D eigenvalue weighted by Crippen LogP contribution is -2.14. The molecular formula is C16H17N5O. The Balaban J connectivity index is 1.77.